The molecule has 0 aliphatic carbocycles. The van der Waals surface area contributed by atoms with E-state index in [0.717, 1.165) is 0 Å². The second-order valence-electron chi connectivity index (χ2n) is 4.02. The molecule has 19 heavy (non-hydrogen) atoms. The molecule has 102 valence electrons. The standard InChI is InChI=1S/C11H14N4O3S/c12-9-1-2-10(11(5-9)19(13,17)18)8-6-14-15(7-8)3-4-16/h1-2,5-7,16H,3-4,12H2,(H2,13,17,18). The van der Waals surface area contributed by atoms with E-state index in [1.54, 1.807) is 18.3 Å². The molecule has 1 aromatic carbocycles. The minimum Gasteiger partial charge on any atom is -0.399 e. The van der Waals surface area contributed by atoms with Crippen molar-refractivity contribution in [3.05, 3.63) is 30.6 Å². The topological polar surface area (TPSA) is 124 Å². The van der Waals surface area contributed by atoms with Crippen molar-refractivity contribution >= 4 is 15.7 Å². The molecule has 0 radical (unpaired) electrons. The van der Waals surface area contributed by atoms with Crippen LogP contribution in [0, 0.1) is 0 Å². The quantitative estimate of drug-likeness (QED) is 0.668. The molecular weight excluding hydrogens is 268 g/mol. The average Bonchev–Trinajstić information content (AvgIpc) is 2.77. The van der Waals surface area contributed by atoms with E-state index in [1.165, 1.54) is 16.9 Å². The van der Waals surface area contributed by atoms with Gasteiger partial charge in [0, 0.05) is 23.0 Å². The van der Waals surface area contributed by atoms with E-state index < -0.39 is 10.0 Å². The van der Waals surface area contributed by atoms with Gasteiger partial charge >= 0.3 is 0 Å². The van der Waals surface area contributed by atoms with Crippen LogP contribution in [0.15, 0.2) is 35.5 Å². The Morgan fingerprint density at radius 3 is 2.74 bits per heavy atom. The highest BCUT2D eigenvalue weighted by molar-refractivity contribution is 7.89. The molecule has 0 unspecified atom stereocenters. The van der Waals surface area contributed by atoms with Crippen molar-refractivity contribution < 1.29 is 13.5 Å². The Morgan fingerprint density at radius 2 is 2.11 bits per heavy atom. The number of nitrogens with zero attached hydrogens (tertiary/aromatic N) is 2. The number of anilines is 1. The Kier molecular flexibility index (Phi) is 3.56. The van der Waals surface area contributed by atoms with E-state index in [1.807, 2.05) is 0 Å². The molecule has 0 aliphatic rings. The summed E-state index contributed by atoms with van der Waals surface area (Å²) in [5, 5.41) is 18.0. The van der Waals surface area contributed by atoms with Gasteiger partial charge in [0.25, 0.3) is 0 Å². The Hall–Kier alpha value is -1.90. The molecule has 1 heterocycles. The van der Waals surface area contributed by atoms with Gasteiger partial charge in [-0.3, -0.25) is 4.68 Å². The maximum Gasteiger partial charge on any atom is 0.238 e. The van der Waals surface area contributed by atoms with Gasteiger partial charge in [0.15, 0.2) is 0 Å². The normalized spacial score (nSPS) is 11.7. The van der Waals surface area contributed by atoms with Crippen LogP contribution in [0.4, 0.5) is 5.69 Å². The van der Waals surface area contributed by atoms with Crippen LogP contribution in [0.25, 0.3) is 11.1 Å². The maximum atomic E-state index is 11.6. The number of aromatic nitrogens is 2. The zero-order valence-electron chi connectivity index (χ0n) is 10.0. The summed E-state index contributed by atoms with van der Waals surface area (Å²) in [5.74, 6) is 0. The summed E-state index contributed by atoms with van der Waals surface area (Å²) >= 11 is 0. The Labute approximate surface area is 110 Å². The molecule has 7 nitrogen and oxygen atoms in total. The van der Waals surface area contributed by atoms with Gasteiger partial charge in [-0.1, -0.05) is 6.07 Å². The molecule has 0 aliphatic heterocycles. The van der Waals surface area contributed by atoms with Crippen LogP contribution in [0.3, 0.4) is 0 Å². The molecule has 0 saturated carbocycles. The number of nitrogens with two attached hydrogens (primary N) is 2. The summed E-state index contributed by atoms with van der Waals surface area (Å²) < 4.78 is 24.6. The van der Waals surface area contributed by atoms with Crippen molar-refractivity contribution in [1.82, 2.24) is 9.78 Å². The van der Waals surface area contributed by atoms with E-state index in [-0.39, 0.29) is 11.5 Å². The maximum absolute atomic E-state index is 11.6. The lowest BCUT2D eigenvalue weighted by Gasteiger charge is -2.06. The predicted octanol–water partition coefficient (Wildman–Crippen LogP) is -0.228. The highest BCUT2D eigenvalue weighted by atomic mass is 32.2. The first-order valence-electron chi connectivity index (χ1n) is 5.48. The molecule has 0 saturated heterocycles. The SMILES string of the molecule is Nc1ccc(-c2cnn(CCO)c2)c(S(N)(=O)=O)c1. The minimum absolute atomic E-state index is 0.0453. The van der Waals surface area contributed by atoms with Crippen molar-refractivity contribution in [2.24, 2.45) is 5.14 Å². The molecule has 0 bridgehead atoms. The number of rotatable bonds is 4. The summed E-state index contributed by atoms with van der Waals surface area (Å²) in [4.78, 5) is -0.0453. The summed E-state index contributed by atoms with van der Waals surface area (Å²) in [6.07, 6.45) is 3.15. The molecule has 8 heteroatoms. The van der Waals surface area contributed by atoms with Gasteiger partial charge in [-0.05, 0) is 12.1 Å². The number of benzene rings is 1. The molecule has 0 atom stereocenters. The first-order valence-corrected chi connectivity index (χ1v) is 7.02. The van der Waals surface area contributed by atoms with Crippen LogP contribution < -0.4 is 10.9 Å². The smallest absolute Gasteiger partial charge is 0.238 e. The van der Waals surface area contributed by atoms with Crippen molar-refractivity contribution in [1.29, 1.82) is 0 Å². The number of aliphatic hydroxyl groups is 1. The Morgan fingerprint density at radius 1 is 1.37 bits per heavy atom. The highest BCUT2D eigenvalue weighted by Gasteiger charge is 2.16. The summed E-state index contributed by atoms with van der Waals surface area (Å²) in [5.41, 5.74) is 6.92. The lowest BCUT2D eigenvalue weighted by Crippen LogP contribution is -2.13. The fourth-order valence-corrected chi connectivity index (χ4v) is 2.53. The number of nitrogen functional groups attached to an aromatic ring is 1. The van der Waals surface area contributed by atoms with Crippen LogP contribution in [0.5, 0.6) is 0 Å². The van der Waals surface area contributed by atoms with Crippen molar-refractivity contribution in [2.45, 2.75) is 11.4 Å². The highest BCUT2D eigenvalue weighted by Crippen LogP contribution is 2.28. The lowest BCUT2D eigenvalue weighted by atomic mass is 10.1. The fraction of sp³-hybridized carbons (Fsp3) is 0.182. The van der Waals surface area contributed by atoms with E-state index in [4.69, 9.17) is 16.0 Å². The molecule has 1 aromatic heterocycles. The number of hydrogen-bond donors (Lipinski definition) is 3. The minimum atomic E-state index is -3.87. The van der Waals surface area contributed by atoms with Crippen LogP contribution in [-0.2, 0) is 16.6 Å². The van der Waals surface area contributed by atoms with Gasteiger partial charge in [-0.25, -0.2) is 13.6 Å². The van der Waals surface area contributed by atoms with Crippen LogP contribution in [-0.4, -0.2) is 29.9 Å². The molecule has 2 rings (SSSR count). The van der Waals surface area contributed by atoms with Gasteiger partial charge in [0.1, 0.15) is 0 Å². The monoisotopic (exact) mass is 282 g/mol. The average molecular weight is 282 g/mol. The van der Waals surface area contributed by atoms with Gasteiger partial charge in [-0.2, -0.15) is 5.10 Å². The zero-order chi connectivity index (χ0) is 14.0. The first-order chi connectivity index (χ1) is 8.91. The Balaban J connectivity index is 2.55. The van der Waals surface area contributed by atoms with Crippen molar-refractivity contribution in [2.75, 3.05) is 12.3 Å². The number of primary sulfonamides is 1. The first kappa shape index (κ1) is 13.5. The molecule has 0 fully saturated rings. The van der Waals surface area contributed by atoms with Gasteiger partial charge < -0.3 is 10.8 Å². The van der Waals surface area contributed by atoms with Gasteiger partial charge in [0.05, 0.1) is 24.2 Å². The molecule has 0 amide bonds. The summed E-state index contributed by atoms with van der Waals surface area (Å²) in [6, 6.07) is 4.48. The lowest BCUT2D eigenvalue weighted by molar-refractivity contribution is 0.269. The summed E-state index contributed by atoms with van der Waals surface area (Å²) in [7, 11) is -3.87. The second kappa shape index (κ2) is 5.00. The van der Waals surface area contributed by atoms with E-state index in [2.05, 4.69) is 5.10 Å². The van der Waals surface area contributed by atoms with Crippen LogP contribution >= 0.6 is 0 Å². The van der Waals surface area contributed by atoms with E-state index in [0.29, 0.717) is 23.4 Å². The van der Waals surface area contributed by atoms with Gasteiger partial charge in [-0.15, -0.1) is 0 Å². The number of hydrogen-bond acceptors (Lipinski definition) is 5. The third-order valence-electron chi connectivity index (χ3n) is 2.59. The van der Waals surface area contributed by atoms with Crippen molar-refractivity contribution in [3.8, 4) is 11.1 Å². The fourth-order valence-electron chi connectivity index (χ4n) is 1.74. The summed E-state index contributed by atoms with van der Waals surface area (Å²) in [6.45, 7) is 0.282. The Bertz CT molecular complexity index is 694. The number of aliphatic hydroxyl groups excluding tert-OH is 1. The molecule has 0 spiro atoms. The predicted molar refractivity (Wildman–Crippen MR) is 70.5 cm³/mol. The largest absolute Gasteiger partial charge is 0.399 e. The molecular formula is C11H14N4O3S. The van der Waals surface area contributed by atoms with E-state index in [9.17, 15) is 8.42 Å². The van der Waals surface area contributed by atoms with Crippen LogP contribution in [0.2, 0.25) is 0 Å². The van der Waals surface area contributed by atoms with Crippen LogP contribution in [0.1, 0.15) is 0 Å². The second-order valence-corrected chi connectivity index (χ2v) is 5.55. The third kappa shape index (κ3) is 2.92. The third-order valence-corrected chi connectivity index (χ3v) is 3.54. The van der Waals surface area contributed by atoms with Crippen molar-refractivity contribution in [3.63, 3.8) is 0 Å². The molecule has 5 N–H and O–H groups in total. The number of sulfonamides is 1. The van der Waals surface area contributed by atoms with E-state index >= 15 is 0 Å². The van der Waals surface area contributed by atoms with Gasteiger partial charge in [0.2, 0.25) is 10.0 Å². The zero-order valence-corrected chi connectivity index (χ0v) is 10.8. The molecule has 2 aromatic rings.